The summed E-state index contributed by atoms with van der Waals surface area (Å²) >= 11 is 0. The van der Waals surface area contributed by atoms with Gasteiger partial charge >= 0.3 is 0 Å². The van der Waals surface area contributed by atoms with E-state index in [1.54, 1.807) is 0 Å². The highest BCUT2D eigenvalue weighted by Crippen LogP contribution is 2.40. The van der Waals surface area contributed by atoms with Crippen LogP contribution in [0.2, 0.25) is 0 Å². The summed E-state index contributed by atoms with van der Waals surface area (Å²) in [6.45, 7) is 6.05. The fraction of sp³-hybridized carbons (Fsp3) is 1.00. The van der Waals surface area contributed by atoms with Gasteiger partial charge in [-0.3, -0.25) is 0 Å². The Morgan fingerprint density at radius 2 is 2.08 bits per heavy atom. The second-order valence-electron chi connectivity index (χ2n) is 4.69. The molecule has 2 heteroatoms. The first-order valence-corrected chi connectivity index (χ1v) is 5.81. The highest BCUT2D eigenvalue weighted by atomic mass is 15.1. The molecule has 0 aromatic carbocycles. The van der Waals surface area contributed by atoms with Gasteiger partial charge in [-0.05, 0) is 32.4 Å². The summed E-state index contributed by atoms with van der Waals surface area (Å²) in [6, 6.07) is 0.842. The van der Waals surface area contributed by atoms with Gasteiger partial charge in [0, 0.05) is 18.0 Å². The first kappa shape index (κ1) is 9.47. The lowest BCUT2D eigenvalue weighted by atomic mass is 9.66. The Balaban J connectivity index is 1.83. The van der Waals surface area contributed by atoms with E-state index in [1.807, 2.05) is 0 Å². The second kappa shape index (κ2) is 3.97. The van der Waals surface area contributed by atoms with Gasteiger partial charge in [0.05, 0.1) is 0 Å². The smallest absolute Gasteiger partial charge is 0.0137 e. The number of nitrogens with one attached hydrogen (secondary N) is 2. The number of piperidine rings is 1. The quantitative estimate of drug-likeness (QED) is 0.691. The van der Waals surface area contributed by atoms with Gasteiger partial charge in [0.15, 0.2) is 0 Å². The summed E-state index contributed by atoms with van der Waals surface area (Å²) in [5.74, 6) is 0. The summed E-state index contributed by atoms with van der Waals surface area (Å²) in [6.07, 6.45) is 6.93. The minimum Gasteiger partial charge on any atom is -0.317 e. The van der Waals surface area contributed by atoms with Crippen LogP contribution in [0.4, 0.5) is 0 Å². The zero-order chi connectivity index (χ0) is 9.15. The third-order valence-corrected chi connectivity index (χ3v) is 3.89. The molecule has 0 aromatic heterocycles. The Bertz CT molecular complexity index is 161. The molecule has 2 aliphatic rings. The first-order valence-electron chi connectivity index (χ1n) is 5.81. The SMILES string of the molecule is CCCCC1NCC12CCNCC2. The van der Waals surface area contributed by atoms with E-state index in [4.69, 9.17) is 0 Å². The zero-order valence-electron chi connectivity index (χ0n) is 8.73. The van der Waals surface area contributed by atoms with Crippen molar-refractivity contribution in [3.05, 3.63) is 0 Å². The second-order valence-corrected chi connectivity index (χ2v) is 4.69. The monoisotopic (exact) mass is 182 g/mol. The van der Waals surface area contributed by atoms with Crippen LogP contribution in [0.3, 0.4) is 0 Å². The molecule has 0 radical (unpaired) electrons. The maximum absolute atomic E-state index is 3.61. The van der Waals surface area contributed by atoms with E-state index < -0.39 is 0 Å². The van der Waals surface area contributed by atoms with E-state index in [2.05, 4.69) is 17.6 Å². The standard InChI is InChI=1S/C11H22N2/c1-2-3-4-10-11(9-13-10)5-7-12-8-6-11/h10,12-13H,2-9H2,1H3. The molecule has 2 saturated heterocycles. The minimum atomic E-state index is 0.695. The van der Waals surface area contributed by atoms with Crippen molar-refractivity contribution in [1.82, 2.24) is 10.6 Å². The van der Waals surface area contributed by atoms with Crippen LogP contribution in [0.25, 0.3) is 0 Å². The van der Waals surface area contributed by atoms with Gasteiger partial charge in [-0.1, -0.05) is 19.8 Å². The third kappa shape index (κ3) is 1.75. The van der Waals surface area contributed by atoms with Gasteiger partial charge in [-0.25, -0.2) is 0 Å². The molecule has 0 aliphatic carbocycles. The van der Waals surface area contributed by atoms with Crippen molar-refractivity contribution >= 4 is 0 Å². The van der Waals surface area contributed by atoms with Crippen LogP contribution in [-0.2, 0) is 0 Å². The highest BCUT2D eigenvalue weighted by molar-refractivity contribution is 5.03. The molecule has 2 aliphatic heterocycles. The molecule has 2 N–H and O–H groups in total. The van der Waals surface area contributed by atoms with Crippen molar-refractivity contribution in [1.29, 1.82) is 0 Å². The Kier molecular flexibility index (Phi) is 2.89. The minimum absolute atomic E-state index is 0.695. The molecule has 2 rings (SSSR count). The van der Waals surface area contributed by atoms with Crippen molar-refractivity contribution in [2.75, 3.05) is 19.6 Å². The van der Waals surface area contributed by atoms with E-state index in [0.29, 0.717) is 5.41 Å². The van der Waals surface area contributed by atoms with Crippen molar-refractivity contribution in [2.45, 2.75) is 45.1 Å². The molecule has 0 bridgehead atoms. The maximum Gasteiger partial charge on any atom is 0.0137 e. The van der Waals surface area contributed by atoms with Crippen LogP contribution in [0.15, 0.2) is 0 Å². The third-order valence-electron chi connectivity index (χ3n) is 3.89. The van der Waals surface area contributed by atoms with Crippen LogP contribution >= 0.6 is 0 Å². The summed E-state index contributed by atoms with van der Waals surface area (Å²) in [7, 11) is 0. The molecule has 1 unspecified atom stereocenters. The van der Waals surface area contributed by atoms with Gasteiger partial charge in [0.2, 0.25) is 0 Å². The molecule has 1 spiro atoms. The molecular weight excluding hydrogens is 160 g/mol. The summed E-state index contributed by atoms with van der Waals surface area (Å²) in [5, 5.41) is 7.07. The van der Waals surface area contributed by atoms with Crippen LogP contribution < -0.4 is 10.6 Å². The predicted molar refractivity (Wildman–Crippen MR) is 55.9 cm³/mol. The fourth-order valence-corrected chi connectivity index (χ4v) is 2.80. The number of hydrogen-bond acceptors (Lipinski definition) is 2. The van der Waals surface area contributed by atoms with E-state index in [-0.39, 0.29) is 0 Å². The predicted octanol–water partition coefficient (Wildman–Crippen LogP) is 1.52. The number of rotatable bonds is 3. The van der Waals surface area contributed by atoms with Crippen LogP contribution in [0, 0.1) is 5.41 Å². The van der Waals surface area contributed by atoms with Crippen LogP contribution in [0.5, 0.6) is 0 Å². The van der Waals surface area contributed by atoms with Crippen molar-refractivity contribution < 1.29 is 0 Å². The topological polar surface area (TPSA) is 24.1 Å². The van der Waals surface area contributed by atoms with E-state index >= 15 is 0 Å². The molecule has 2 nitrogen and oxygen atoms in total. The van der Waals surface area contributed by atoms with Crippen LogP contribution in [-0.4, -0.2) is 25.7 Å². The lowest BCUT2D eigenvalue weighted by Gasteiger charge is -2.53. The molecular formula is C11H22N2. The molecule has 0 amide bonds. The summed E-state index contributed by atoms with van der Waals surface area (Å²) in [4.78, 5) is 0. The highest BCUT2D eigenvalue weighted by Gasteiger charge is 2.45. The van der Waals surface area contributed by atoms with Crippen LogP contribution in [0.1, 0.15) is 39.0 Å². The number of hydrogen-bond donors (Lipinski definition) is 2. The van der Waals surface area contributed by atoms with Crippen molar-refractivity contribution in [3.63, 3.8) is 0 Å². The number of unbranched alkanes of at least 4 members (excludes halogenated alkanes) is 1. The van der Waals surface area contributed by atoms with Crippen molar-refractivity contribution in [3.8, 4) is 0 Å². The maximum atomic E-state index is 3.61. The first-order chi connectivity index (χ1) is 6.37. The Morgan fingerprint density at radius 3 is 2.62 bits per heavy atom. The average molecular weight is 182 g/mol. The van der Waals surface area contributed by atoms with Gasteiger partial charge < -0.3 is 10.6 Å². The average Bonchev–Trinajstić information content (AvgIpc) is 2.18. The Labute approximate surface area is 81.5 Å². The molecule has 76 valence electrons. The van der Waals surface area contributed by atoms with E-state index in [0.717, 1.165) is 6.04 Å². The van der Waals surface area contributed by atoms with E-state index in [1.165, 1.54) is 51.7 Å². The van der Waals surface area contributed by atoms with Gasteiger partial charge in [0.25, 0.3) is 0 Å². The molecule has 2 fully saturated rings. The lowest BCUT2D eigenvalue weighted by molar-refractivity contribution is 0.0381. The molecule has 2 heterocycles. The van der Waals surface area contributed by atoms with Gasteiger partial charge in [-0.2, -0.15) is 0 Å². The normalized spacial score (nSPS) is 31.6. The Morgan fingerprint density at radius 1 is 1.31 bits per heavy atom. The summed E-state index contributed by atoms with van der Waals surface area (Å²) in [5.41, 5.74) is 0.695. The molecule has 0 aromatic rings. The molecule has 1 atom stereocenters. The van der Waals surface area contributed by atoms with Crippen molar-refractivity contribution in [2.24, 2.45) is 5.41 Å². The Hall–Kier alpha value is -0.0800. The molecule has 13 heavy (non-hydrogen) atoms. The fourth-order valence-electron chi connectivity index (χ4n) is 2.80. The molecule has 0 saturated carbocycles. The largest absolute Gasteiger partial charge is 0.317 e. The zero-order valence-corrected chi connectivity index (χ0v) is 8.73. The summed E-state index contributed by atoms with van der Waals surface area (Å²) < 4.78 is 0. The van der Waals surface area contributed by atoms with Gasteiger partial charge in [-0.15, -0.1) is 0 Å². The lowest BCUT2D eigenvalue weighted by Crippen LogP contribution is -2.65. The van der Waals surface area contributed by atoms with E-state index in [9.17, 15) is 0 Å². The van der Waals surface area contributed by atoms with Gasteiger partial charge in [0.1, 0.15) is 0 Å².